The lowest BCUT2D eigenvalue weighted by Crippen LogP contribution is -2.44. The third-order valence-electron chi connectivity index (χ3n) is 3.31. The van der Waals surface area contributed by atoms with Gasteiger partial charge >= 0.3 is 0 Å². The van der Waals surface area contributed by atoms with E-state index < -0.39 is 11.8 Å². The van der Waals surface area contributed by atoms with Gasteiger partial charge in [-0.05, 0) is 54.2 Å². The summed E-state index contributed by atoms with van der Waals surface area (Å²) in [5.74, 6) is -0.857. The number of hydrogen-bond acceptors (Lipinski definition) is 4. The molecule has 1 fully saturated rings. The number of thiocarbonyl (C=S) groups is 1. The number of carbonyl (C=O) groups excluding carboxylic acids is 2. The molecule has 0 unspecified atom stereocenters. The summed E-state index contributed by atoms with van der Waals surface area (Å²) >= 11 is 18.2. The van der Waals surface area contributed by atoms with Crippen LogP contribution in [0.2, 0.25) is 10.0 Å². The molecular formula is C17H10Cl2N2O2S2. The van der Waals surface area contributed by atoms with Crippen molar-refractivity contribution in [2.75, 3.05) is 0 Å². The number of hydrogen-bond donors (Lipinski definition) is 1. The van der Waals surface area contributed by atoms with Gasteiger partial charge < -0.3 is 0 Å². The van der Waals surface area contributed by atoms with Gasteiger partial charge in [0, 0.05) is 15.6 Å². The standard InChI is InChI=1S/C17H10Cl2N2O2S2/c18-12-7-5-10(6-8-12)15(22)20-21-16(23)14(25-17(21)24)9-11-3-1-2-4-13(11)19/h1-9H,(H,20,22)/b14-9-. The molecular weight excluding hydrogens is 399 g/mol. The van der Waals surface area contributed by atoms with E-state index in [-0.39, 0.29) is 4.32 Å². The van der Waals surface area contributed by atoms with Crippen molar-refractivity contribution in [3.63, 3.8) is 0 Å². The fraction of sp³-hybridized carbons (Fsp3) is 0. The lowest BCUT2D eigenvalue weighted by molar-refractivity contribution is -0.123. The Morgan fingerprint density at radius 2 is 1.80 bits per heavy atom. The number of nitrogens with zero attached hydrogens (tertiary/aromatic N) is 1. The first kappa shape index (κ1) is 17.9. The van der Waals surface area contributed by atoms with E-state index in [2.05, 4.69) is 5.43 Å². The summed E-state index contributed by atoms with van der Waals surface area (Å²) in [5.41, 5.74) is 3.58. The molecule has 2 aromatic rings. The highest BCUT2D eigenvalue weighted by Gasteiger charge is 2.33. The molecule has 1 aliphatic heterocycles. The molecule has 1 aliphatic rings. The van der Waals surface area contributed by atoms with E-state index in [1.807, 2.05) is 6.07 Å². The topological polar surface area (TPSA) is 49.4 Å². The Kier molecular flexibility index (Phi) is 5.44. The van der Waals surface area contributed by atoms with Gasteiger partial charge in [-0.1, -0.05) is 53.2 Å². The van der Waals surface area contributed by atoms with Gasteiger partial charge in [-0.2, -0.15) is 5.01 Å². The first-order valence-corrected chi connectivity index (χ1v) is 9.03. The monoisotopic (exact) mass is 408 g/mol. The van der Waals surface area contributed by atoms with Crippen molar-refractivity contribution < 1.29 is 9.59 Å². The van der Waals surface area contributed by atoms with Gasteiger partial charge in [0.05, 0.1) is 4.91 Å². The van der Waals surface area contributed by atoms with Crippen molar-refractivity contribution >= 4 is 69.4 Å². The molecule has 8 heteroatoms. The smallest absolute Gasteiger partial charge is 0.267 e. The fourth-order valence-electron chi connectivity index (χ4n) is 2.06. The first-order valence-electron chi connectivity index (χ1n) is 7.05. The van der Waals surface area contributed by atoms with E-state index in [0.717, 1.165) is 16.8 Å². The predicted molar refractivity (Wildman–Crippen MR) is 105 cm³/mol. The normalized spacial score (nSPS) is 15.8. The van der Waals surface area contributed by atoms with Gasteiger partial charge in [0.2, 0.25) is 0 Å². The predicted octanol–water partition coefficient (Wildman–Crippen LogP) is 4.54. The van der Waals surface area contributed by atoms with Crippen molar-refractivity contribution in [3.8, 4) is 0 Å². The third-order valence-corrected chi connectivity index (χ3v) is 5.20. The van der Waals surface area contributed by atoms with Crippen LogP contribution in [0.1, 0.15) is 15.9 Å². The molecule has 0 radical (unpaired) electrons. The minimum Gasteiger partial charge on any atom is -0.267 e. The maximum Gasteiger partial charge on any atom is 0.285 e. The maximum absolute atomic E-state index is 12.5. The van der Waals surface area contributed by atoms with Crippen LogP contribution in [0.25, 0.3) is 6.08 Å². The van der Waals surface area contributed by atoms with Crippen LogP contribution >= 0.6 is 47.2 Å². The largest absolute Gasteiger partial charge is 0.285 e. The van der Waals surface area contributed by atoms with Crippen LogP contribution in [0.15, 0.2) is 53.4 Å². The minimum absolute atomic E-state index is 0.241. The second-order valence-corrected chi connectivity index (χ2v) is 7.51. The van der Waals surface area contributed by atoms with Gasteiger partial charge in [0.15, 0.2) is 4.32 Å². The summed E-state index contributed by atoms with van der Waals surface area (Å²) < 4.78 is 0.241. The number of thioether (sulfide) groups is 1. The molecule has 2 aromatic carbocycles. The number of amides is 2. The third kappa shape index (κ3) is 4.04. The molecule has 25 heavy (non-hydrogen) atoms. The molecule has 0 aliphatic carbocycles. The van der Waals surface area contributed by atoms with Gasteiger partial charge in [-0.25, -0.2) is 0 Å². The molecule has 1 saturated heterocycles. The van der Waals surface area contributed by atoms with E-state index in [1.54, 1.807) is 48.5 Å². The zero-order valence-electron chi connectivity index (χ0n) is 12.5. The van der Waals surface area contributed by atoms with Gasteiger partial charge in [0.1, 0.15) is 0 Å². The summed E-state index contributed by atoms with van der Waals surface area (Å²) in [6.07, 6.45) is 1.65. The lowest BCUT2D eigenvalue weighted by atomic mass is 10.2. The zero-order valence-corrected chi connectivity index (χ0v) is 15.7. The highest BCUT2D eigenvalue weighted by Crippen LogP contribution is 2.32. The Hall–Kier alpha value is -1.86. The van der Waals surface area contributed by atoms with Crippen molar-refractivity contribution in [2.45, 2.75) is 0 Å². The van der Waals surface area contributed by atoms with Gasteiger partial charge in [-0.15, -0.1) is 0 Å². The summed E-state index contributed by atoms with van der Waals surface area (Å²) in [6, 6.07) is 13.5. The van der Waals surface area contributed by atoms with Gasteiger partial charge in [-0.3, -0.25) is 15.0 Å². The highest BCUT2D eigenvalue weighted by molar-refractivity contribution is 8.26. The number of carbonyl (C=O) groups is 2. The average molecular weight is 409 g/mol. The number of benzene rings is 2. The summed E-state index contributed by atoms with van der Waals surface area (Å²) in [7, 11) is 0. The average Bonchev–Trinajstić information content (AvgIpc) is 2.85. The Morgan fingerprint density at radius 1 is 1.12 bits per heavy atom. The maximum atomic E-state index is 12.5. The summed E-state index contributed by atoms with van der Waals surface area (Å²) in [4.78, 5) is 25.2. The molecule has 0 spiro atoms. The molecule has 0 aromatic heterocycles. The van der Waals surface area contributed by atoms with Crippen molar-refractivity contribution in [1.82, 2.24) is 10.4 Å². The van der Waals surface area contributed by atoms with Crippen LogP contribution < -0.4 is 5.43 Å². The number of hydrazine groups is 1. The molecule has 1 heterocycles. The Morgan fingerprint density at radius 3 is 2.48 bits per heavy atom. The number of nitrogens with one attached hydrogen (secondary N) is 1. The molecule has 2 amide bonds. The second kappa shape index (κ2) is 7.58. The van der Waals surface area contributed by atoms with Crippen molar-refractivity contribution in [1.29, 1.82) is 0 Å². The van der Waals surface area contributed by atoms with Crippen LogP contribution in [0.5, 0.6) is 0 Å². The second-order valence-electron chi connectivity index (χ2n) is 4.99. The van der Waals surface area contributed by atoms with E-state index in [4.69, 9.17) is 35.4 Å². The van der Waals surface area contributed by atoms with Gasteiger partial charge in [0.25, 0.3) is 11.8 Å². The first-order chi connectivity index (χ1) is 12.0. The Labute approximate surface area is 163 Å². The number of halogens is 2. The van der Waals surface area contributed by atoms with Crippen LogP contribution in [0, 0.1) is 0 Å². The van der Waals surface area contributed by atoms with Crippen LogP contribution in [-0.2, 0) is 4.79 Å². The summed E-state index contributed by atoms with van der Waals surface area (Å²) in [5, 5.41) is 2.10. The highest BCUT2D eigenvalue weighted by atomic mass is 35.5. The zero-order chi connectivity index (χ0) is 18.0. The van der Waals surface area contributed by atoms with Crippen LogP contribution in [0.3, 0.4) is 0 Å². The molecule has 0 bridgehead atoms. The van der Waals surface area contributed by atoms with Crippen molar-refractivity contribution in [3.05, 3.63) is 74.6 Å². The molecule has 126 valence electrons. The number of rotatable bonds is 3. The fourth-order valence-corrected chi connectivity index (χ4v) is 3.55. The van der Waals surface area contributed by atoms with E-state index in [9.17, 15) is 9.59 Å². The minimum atomic E-state index is -0.452. The van der Waals surface area contributed by atoms with E-state index >= 15 is 0 Å². The molecule has 3 rings (SSSR count). The molecule has 1 N–H and O–H groups in total. The lowest BCUT2D eigenvalue weighted by Gasteiger charge is -2.15. The SMILES string of the molecule is O=C(NN1C(=O)/C(=C/c2ccccc2Cl)SC1=S)c1ccc(Cl)cc1. The molecule has 0 saturated carbocycles. The Bertz CT molecular complexity index is 898. The van der Waals surface area contributed by atoms with Crippen LogP contribution in [-0.4, -0.2) is 21.1 Å². The molecule has 0 atom stereocenters. The Balaban J connectivity index is 1.79. The summed E-state index contributed by atoms with van der Waals surface area (Å²) in [6.45, 7) is 0. The van der Waals surface area contributed by atoms with Crippen molar-refractivity contribution in [2.24, 2.45) is 0 Å². The van der Waals surface area contributed by atoms with E-state index in [1.165, 1.54) is 0 Å². The quantitative estimate of drug-likeness (QED) is 0.598. The molecule has 4 nitrogen and oxygen atoms in total. The van der Waals surface area contributed by atoms with Crippen LogP contribution in [0.4, 0.5) is 0 Å². The van der Waals surface area contributed by atoms with E-state index in [0.29, 0.717) is 26.1 Å².